The van der Waals surface area contributed by atoms with Crippen LogP contribution in [0.3, 0.4) is 0 Å². The fourth-order valence-corrected chi connectivity index (χ4v) is 2.93. The topological polar surface area (TPSA) is 89.1 Å². The van der Waals surface area contributed by atoms with E-state index in [0.717, 1.165) is 23.4 Å². The Morgan fingerprint density at radius 1 is 1.28 bits per heavy atom. The summed E-state index contributed by atoms with van der Waals surface area (Å²) in [5, 5.41) is 13.1. The van der Waals surface area contributed by atoms with Crippen molar-refractivity contribution in [3.05, 3.63) is 59.7 Å². The average Bonchev–Trinajstić information content (AvgIpc) is 2.70. The van der Waals surface area contributed by atoms with Gasteiger partial charge in [0.25, 0.3) is 0 Å². The number of fused-ring (bicyclic) bond motifs is 1. The second-order valence-corrected chi connectivity index (χ2v) is 6.59. The minimum absolute atomic E-state index is 0.0211. The monoisotopic (exact) mass is 409 g/mol. The van der Waals surface area contributed by atoms with E-state index in [2.05, 4.69) is 10.3 Å². The van der Waals surface area contributed by atoms with Gasteiger partial charge in [-0.1, -0.05) is 24.3 Å². The van der Waals surface area contributed by atoms with Gasteiger partial charge in [0.1, 0.15) is 24.2 Å². The third-order valence-corrected chi connectivity index (χ3v) is 4.36. The Balaban J connectivity index is 1.50. The van der Waals surface area contributed by atoms with Crippen LogP contribution in [0, 0.1) is 0 Å². The van der Waals surface area contributed by atoms with Gasteiger partial charge in [0.2, 0.25) is 0 Å². The van der Waals surface area contributed by atoms with Crippen molar-refractivity contribution in [2.45, 2.75) is 24.7 Å². The number of nitrogens with zero attached hydrogens (tertiary/aromatic N) is 1. The predicted octanol–water partition coefficient (Wildman–Crippen LogP) is 2.87. The lowest BCUT2D eigenvalue weighted by Crippen LogP contribution is -2.38. The Kier molecular flexibility index (Phi) is 6.48. The highest BCUT2D eigenvalue weighted by Crippen LogP contribution is 2.32. The van der Waals surface area contributed by atoms with E-state index in [9.17, 15) is 18.3 Å². The Morgan fingerprint density at radius 2 is 2.07 bits per heavy atom. The van der Waals surface area contributed by atoms with Crippen LogP contribution in [-0.2, 0) is 6.18 Å². The summed E-state index contributed by atoms with van der Waals surface area (Å²) in [5.74, 6) is 0.969. The Hall–Kier alpha value is -2.94. The number of para-hydroxylation sites is 1. The van der Waals surface area contributed by atoms with Crippen molar-refractivity contribution >= 4 is 5.96 Å². The summed E-state index contributed by atoms with van der Waals surface area (Å²) < 4.78 is 49.0. The molecule has 0 amide bonds. The molecule has 1 aliphatic heterocycles. The van der Waals surface area contributed by atoms with Crippen molar-refractivity contribution < 1.29 is 27.8 Å². The summed E-state index contributed by atoms with van der Waals surface area (Å²) in [6.07, 6.45) is -4.76. The number of ether oxygens (including phenoxy) is 2. The number of benzene rings is 2. The number of nitrogens with one attached hydrogen (secondary N) is 1. The minimum Gasteiger partial charge on any atom is -0.493 e. The first-order valence-corrected chi connectivity index (χ1v) is 9.09. The van der Waals surface area contributed by atoms with Crippen molar-refractivity contribution in [2.75, 3.05) is 19.8 Å². The van der Waals surface area contributed by atoms with E-state index in [1.807, 2.05) is 24.3 Å². The largest absolute Gasteiger partial charge is 0.493 e. The second-order valence-electron chi connectivity index (χ2n) is 6.59. The van der Waals surface area contributed by atoms with Crippen molar-refractivity contribution in [2.24, 2.45) is 10.7 Å². The molecule has 2 aromatic rings. The Bertz CT molecular complexity index is 858. The molecule has 2 aromatic carbocycles. The predicted molar refractivity (Wildman–Crippen MR) is 102 cm³/mol. The van der Waals surface area contributed by atoms with Crippen molar-refractivity contribution in [1.82, 2.24) is 5.32 Å². The molecule has 3 rings (SSSR count). The second kappa shape index (κ2) is 9.04. The fraction of sp³-hybridized carbons (Fsp3) is 0.350. The van der Waals surface area contributed by atoms with Crippen LogP contribution in [-0.4, -0.2) is 36.9 Å². The number of aliphatic imine (C=N–C) groups is 1. The summed E-state index contributed by atoms with van der Waals surface area (Å²) in [7, 11) is 0. The number of hydrogen-bond acceptors (Lipinski definition) is 4. The molecule has 0 aromatic heterocycles. The number of alkyl halides is 3. The van der Waals surface area contributed by atoms with Crippen LogP contribution in [0.4, 0.5) is 13.2 Å². The molecule has 1 aliphatic rings. The summed E-state index contributed by atoms with van der Waals surface area (Å²) in [5.41, 5.74) is 6.07. The number of rotatable bonds is 6. The number of halogens is 3. The van der Waals surface area contributed by atoms with Gasteiger partial charge in [-0.05, 0) is 24.3 Å². The summed E-state index contributed by atoms with van der Waals surface area (Å²) in [6.45, 7) is 0.288. The highest BCUT2D eigenvalue weighted by molar-refractivity contribution is 5.78. The third kappa shape index (κ3) is 5.77. The lowest BCUT2D eigenvalue weighted by molar-refractivity contribution is -0.137. The number of aliphatic hydroxyl groups is 1. The molecule has 0 aliphatic carbocycles. The van der Waals surface area contributed by atoms with Gasteiger partial charge in [0.05, 0.1) is 24.8 Å². The molecule has 2 atom stereocenters. The lowest BCUT2D eigenvalue weighted by Gasteiger charge is -2.27. The van der Waals surface area contributed by atoms with Gasteiger partial charge in [-0.15, -0.1) is 0 Å². The van der Waals surface area contributed by atoms with E-state index in [0.29, 0.717) is 13.0 Å². The van der Waals surface area contributed by atoms with Crippen LogP contribution < -0.4 is 20.5 Å². The van der Waals surface area contributed by atoms with Crippen LogP contribution in [0.1, 0.15) is 23.6 Å². The molecule has 156 valence electrons. The molecular formula is C20H22F3N3O3. The molecule has 2 unspecified atom stereocenters. The Labute approximate surface area is 166 Å². The maximum absolute atomic E-state index is 12.7. The van der Waals surface area contributed by atoms with Crippen LogP contribution >= 0.6 is 0 Å². The van der Waals surface area contributed by atoms with Gasteiger partial charge in [0, 0.05) is 12.0 Å². The van der Waals surface area contributed by atoms with E-state index >= 15 is 0 Å². The third-order valence-electron chi connectivity index (χ3n) is 4.36. The van der Waals surface area contributed by atoms with E-state index in [1.165, 1.54) is 12.1 Å². The van der Waals surface area contributed by atoms with Gasteiger partial charge in [-0.2, -0.15) is 13.2 Å². The zero-order chi connectivity index (χ0) is 20.9. The Morgan fingerprint density at radius 3 is 2.86 bits per heavy atom. The molecule has 1 heterocycles. The number of hydrogen-bond donors (Lipinski definition) is 3. The molecule has 29 heavy (non-hydrogen) atoms. The summed E-state index contributed by atoms with van der Waals surface area (Å²) in [4.78, 5) is 4.09. The molecule has 0 radical (unpaired) electrons. The molecule has 9 heteroatoms. The number of guanidine groups is 1. The highest BCUT2D eigenvalue weighted by atomic mass is 19.4. The van der Waals surface area contributed by atoms with Gasteiger partial charge < -0.3 is 25.6 Å². The first kappa shape index (κ1) is 20.8. The van der Waals surface area contributed by atoms with Gasteiger partial charge >= 0.3 is 6.18 Å². The first-order chi connectivity index (χ1) is 13.8. The first-order valence-electron chi connectivity index (χ1n) is 9.09. The molecular weight excluding hydrogens is 387 g/mol. The standard InChI is InChI=1S/C20H22F3N3O3/c21-20(22,23)13-4-3-5-15(10-13)29-12-14(27)11-25-19(24)26-17-8-9-28-18-7-2-1-6-16(17)18/h1-7,10,14,17,27H,8-9,11-12H2,(H3,24,25,26). The molecule has 0 saturated heterocycles. The van der Waals surface area contributed by atoms with E-state index in [1.54, 1.807) is 0 Å². The van der Waals surface area contributed by atoms with Gasteiger partial charge in [0.15, 0.2) is 5.96 Å². The van der Waals surface area contributed by atoms with Crippen LogP contribution in [0.5, 0.6) is 11.5 Å². The fourth-order valence-electron chi connectivity index (χ4n) is 2.93. The number of aliphatic hydroxyl groups excluding tert-OH is 1. The van der Waals surface area contributed by atoms with E-state index < -0.39 is 17.8 Å². The van der Waals surface area contributed by atoms with Gasteiger partial charge in [-0.25, -0.2) is 0 Å². The van der Waals surface area contributed by atoms with E-state index in [-0.39, 0.29) is 30.9 Å². The number of nitrogens with two attached hydrogens (primary N) is 1. The molecule has 0 fully saturated rings. The van der Waals surface area contributed by atoms with Crippen molar-refractivity contribution in [3.63, 3.8) is 0 Å². The average molecular weight is 409 g/mol. The SMILES string of the molecule is NC(=NCC(O)COc1cccc(C(F)(F)F)c1)NC1CCOc2ccccc21. The van der Waals surface area contributed by atoms with E-state index in [4.69, 9.17) is 15.2 Å². The van der Waals surface area contributed by atoms with Crippen LogP contribution in [0.15, 0.2) is 53.5 Å². The summed E-state index contributed by atoms with van der Waals surface area (Å²) >= 11 is 0. The maximum Gasteiger partial charge on any atom is 0.416 e. The maximum atomic E-state index is 12.7. The highest BCUT2D eigenvalue weighted by Gasteiger charge is 2.30. The molecule has 6 nitrogen and oxygen atoms in total. The van der Waals surface area contributed by atoms with Gasteiger partial charge in [-0.3, -0.25) is 4.99 Å². The molecule has 0 saturated carbocycles. The lowest BCUT2D eigenvalue weighted by atomic mass is 10.0. The summed E-state index contributed by atoms with van der Waals surface area (Å²) in [6, 6.07) is 12.0. The molecule has 0 spiro atoms. The van der Waals surface area contributed by atoms with Crippen LogP contribution in [0.2, 0.25) is 0 Å². The van der Waals surface area contributed by atoms with Crippen molar-refractivity contribution in [1.29, 1.82) is 0 Å². The van der Waals surface area contributed by atoms with Crippen molar-refractivity contribution in [3.8, 4) is 11.5 Å². The normalized spacial score (nSPS) is 17.8. The minimum atomic E-state index is -4.45. The zero-order valence-electron chi connectivity index (χ0n) is 15.5. The quantitative estimate of drug-likeness (QED) is 0.504. The zero-order valence-corrected chi connectivity index (χ0v) is 15.5. The van der Waals surface area contributed by atoms with Crippen LogP contribution in [0.25, 0.3) is 0 Å². The molecule has 0 bridgehead atoms. The smallest absolute Gasteiger partial charge is 0.416 e. The molecule has 4 N–H and O–H groups in total.